The smallest absolute Gasteiger partial charge is 0.305 e. The van der Waals surface area contributed by atoms with Crippen LogP contribution in [-0.4, -0.2) is 33.6 Å². The number of aryl methyl sites for hydroxylation is 1. The third kappa shape index (κ3) is 3.00. The van der Waals surface area contributed by atoms with E-state index in [2.05, 4.69) is 9.97 Å². The SMILES string of the molecule is Cc1nc(N(C)C2(CC(=O)O)CCCCC2)cc(=O)[nH]1. The van der Waals surface area contributed by atoms with Gasteiger partial charge in [0.2, 0.25) is 0 Å². The minimum atomic E-state index is -0.805. The van der Waals surface area contributed by atoms with Crippen molar-refractivity contribution in [3.05, 3.63) is 22.2 Å². The van der Waals surface area contributed by atoms with E-state index in [-0.39, 0.29) is 12.0 Å². The van der Waals surface area contributed by atoms with Gasteiger partial charge in [-0.1, -0.05) is 19.3 Å². The number of anilines is 1. The Balaban J connectivity index is 2.36. The topological polar surface area (TPSA) is 86.3 Å². The molecule has 6 heteroatoms. The normalized spacial score (nSPS) is 17.7. The van der Waals surface area contributed by atoms with E-state index >= 15 is 0 Å². The fourth-order valence-corrected chi connectivity index (χ4v) is 3.10. The summed E-state index contributed by atoms with van der Waals surface area (Å²) in [5.41, 5.74) is -0.641. The number of carbonyl (C=O) groups is 1. The summed E-state index contributed by atoms with van der Waals surface area (Å²) >= 11 is 0. The Bertz CT molecular complexity index is 547. The second-order valence-corrected chi connectivity index (χ2v) is 5.60. The molecule has 0 aliphatic heterocycles. The zero-order chi connectivity index (χ0) is 14.8. The summed E-state index contributed by atoms with van der Waals surface area (Å²) in [6, 6.07) is 1.44. The number of aliphatic carboxylic acids is 1. The molecule has 0 amide bonds. The molecule has 0 spiro atoms. The van der Waals surface area contributed by atoms with Crippen LogP contribution in [0.4, 0.5) is 5.82 Å². The summed E-state index contributed by atoms with van der Waals surface area (Å²) < 4.78 is 0. The Morgan fingerprint density at radius 1 is 1.45 bits per heavy atom. The number of hydrogen-bond acceptors (Lipinski definition) is 4. The standard InChI is InChI=1S/C14H21N3O3/c1-10-15-11(8-12(18)16-10)17(2)14(9-13(19)20)6-4-3-5-7-14/h8H,3-7,9H2,1-2H3,(H,19,20)(H,15,16,18). The number of carboxylic acid groups (broad SMARTS) is 1. The summed E-state index contributed by atoms with van der Waals surface area (Å²) in [6.07, 6.45) is 4.89. The van der Waals surface area contributed by atoms with Crippen molar-refractivity contribution in [1.29, 1.82) is 0 Å². The maximum Gasteiger partial charge on any atom is 0.305 e. The van der Waals surface area contributed by atoms with Crippen LogP contribution in [-0.2, 0) is 4.79 Å². The Labute approximate surface area is 117 Å². The number of hydrogen-bond donors (Lipinski definition) is 2. The van der Waals surface area contributed by atoms with E-state index in [1.54, 1.807) is 6.92 Å². The minimum Gasteiger partial charge on any atom is -0.481 e. The molecule has 0 aromatic carbocycles. The van der Waals surface area contributed by atoms with E-state index in [0.29, 0.717) is 11.6 Å². The largest absolute Gasteiger partial charge is 0.481 e. The second kappa shape index (κ2) is 5.64. The molecule has 2 N–H and O–H groups in total. The predicted octanol–water partition coefficient (Wildman–Crippen LogP) is 1.69. The highest BCUT2D eigenvalue weighted by Gasteiger charge is 2.39. The van der Waals surface area contributed by atoms with Gasteiger partial charge in [0.15, 0.2) is 0 Å². The molecule has 0 radical (unpaired) electrons. The molecule has 1 heterocycles. The highest BCUT2D eigenvalue weighted by atomic mass is 16.4. The lowest BCUT2D eigenvalue weighted by Crippen LogP contribution is -2.50. The van der Waals surface area contributed by atoms with Crippen LogP contribution in [0.5, 0.6) is 0 Å². The molecule has 6 nitrogen and oxygen atoms in total. The maximum absolute atomic E-state index is 11.6. The van der Waals surface area contributed by atoms with Gasteiger partial charge in [-0.3, -0.25) is 9.59 Å². The Morgan fingerprint density at radius 2 is 2.10 bits per heavy atom. The second-order valence-electron chi connectivity index (χ2n) is 5.60. The Hall–Kier alpha value is -1.85. The molecule has 1 fully saturated rings. The monoisotopic (exact) mass is 279 g/mol. The van der Waals surface area contributed by atoms with Crippen LogP contribution in [0.1, 0.15) is 44.3 Å². The van der Waals surface area contributed by atoms with Gasteiger partial charge in [-0.2, -0.15) is 0 Å². The number of H-pyrrole nitrogens is 1. The van der Waals surface area contributed by atoms with Crippen molar-refractivity contribution in [3.8, 4) is 0 Å². The van der Waals surface area contributed by atoms with Crippen molar-refractivity contribution in [2.45, 2.75) is 51.0 Å². The van der Waals surface area contributed by atoms with Crippen molar-refractivity contribution in [3.63, 3.8) is 0 Å². The molecule has 1 saturated carbocycles. The van der Waals surface area contributed by atoms with E-state index in [1.165, 1.54) is 6.07 Å². The summed E-state index contributed by atoms with van der Waals surface area (Å²) in [7, 11) is 1.84. The van der Waals surface area contributed by atoms with Gasteiger partial charge in [-0.15, -0.1) is 0 Å². The minimum absolute atomic E-state index is 0.0804. The summed E-state index contributed by atoms with van der Waals surface area (Å²) in [5.74, 6) is 0.287. The average Bonchev–Trinajstić information content (AvgIpc) is 2.37. The Kier molecular flexibility index (Phi) is 4.11. The molecule has 1 aromatic heterocycles. The van der Waals surface area contributed by atoms with Crippen molar-refractivity contribution in [2.24, 2.45) is 0 Å². The summed E-state index contributed by atoms with van der Waals surface area (Å²) in [4.78, 5) is 31.7. The van der Waals surface area contributed by atoms with Gasteiger partial charge >= 0.3 is 5.97 Å². The van der Waals surface area contributed by atoms with Crippen LogP contribution in [0.3, 0.4) is 0 Å². The van der Waals surface area contributed by atoms with Gasteiger partial charge < -0.3 is 15.0 Å². The van der Waals surface area contributed by atoms with Crippen molar-refractivity contribution in [2.75, 3.05) is 11.9 Å². The molecule has 1 aliphatic rings. The predicted molar refractivity (Wildman–Crippen MR) is 76.1 cm³/mol. The van der Waals surface area contributed by atoms with E-state index in [1.807, 2.05) is 11.9 Å². The lowest BCUT2D eigenvalue weighted by Gasteiger charge is -2.44. The Morgan fingerprint density at radius 3 is 2.65 bits per heavy atom. The van der Waals surface area contributed by atoms with Crippen molar-refractivity contribution >= 4 is 11.8 Å². The lowest BCUT2D eigenvalue weighted by atomic mass is 9.78. The van der Waals surface area contributed by atoms with Gasteiger partial charge in [0.1, 0.15) is 11.6 Å². The molecule has 0 saturated heterocycles. The zero-order valence-electron chi connectivity index (χ0n) is 12.0. The third-order valence-corrected chi connectivity index (χ3v) is 4.17. The van der Waals surface area contributed by atoms with Gasteiger partial charge in [-0.25, -0.2) is 4.98 Å². The van der Waals surface area contributed by atoms with Gasteiger partial charge in [0.05, 0.1) is 12.0 Å². The van der Waals surface area contributed by atoms with E-state index in [9.17, 15) is 14.7 Å². The highest BCUT2D eigenvalue weighted by Crippen LogP contribution is 2.37. The van der Waals surface area contributed by atoms with Gasteiger partial charge in [0.25, 0.3) is 5.56 Å². The molecule has 0 bridgehead atoms. The number of rotatable bonds is 4. The molecular weight excluding hydrogens is 258 g/mol. The first kappa shape index (κ1) is 14.6. The van der Waals surface area contributed by atoms with Crippen LogP contribution in [0, 0.1) is 6.92 Å². The van der Waals surface area contributed by atoms with E-state index in [4.69, 9.17) is 0 Å². The van der Waals surface area contributed by atoms with Crippen LogP contribution in [0.2, 0.25) is 0 Å². The van der Waals surface area contributed by atoms with Gasteiger partial charge in [-0.05, 0) is 19.8 Å². The van der Waals surface area contributed by atoms with E-state index in [0.717, 1.165) is 32.1 Å². The molecule has 0 unspecified atom stereocenters. The quantitative estimate of drug-likeness (QED) is 0.876. The molecule has 20 heavy (non-hydrogen) atoms. The number of nitrogens with zero attached hydrogens (tertiary/aromatic N) is 2. The van der Waals surface area contributed by atoms with Crippen LogP contribution < -0.4 is 10.5 Å². The number of aromatic amines is 1. The fourth-order valence-electron chi connectivity index (χ4n) is 3.10. The molecule has 110 valence electrons. The molecule has 1 aliphatic carbocycles. The van der Waals surface area contributed by atoms with E-state index < -0.39 is 11.5 Å². The first-order valence-electron chi connectivity index (χ1n) is 6.97. The highest BCUT2D eigenvalue weighted by molar-refractivity contribution is 5.69. The molecular formula is C14H21N3O3. The summed E-state index contributed by atoms with van der Waals surface area (Å²) in [6.45, 7) is 1.73. The van der Waals surface area contributed by atoms with Crippen LogP contribution in [0.25, 0.3) is 0 Å². The average molecular weight is 279 g/mol. The van der Waals surface area contributed by atoms with Crippen LogP contribution in [0.15, 0.2) is 10.9 Å². The van der Waals surface area contributed by atoms with Crippen molar-refractivity contribution in [1.82, 2.24) is 9.97 Å². The number of carboxylic acids is 1. The zero-order valence-corrected chi connectivity index (χ0v) is 12.0. The number of aromatic nitrogens is 2. The lowest BCUT2D eigenvalue weighted by molar-refractivity contribution is -0.138. The molecule has 1 aromatic rings. The molecule has 2 rings (SSSR count). The first-order chi connectivity index (χ1) is 9.43. The van der Waals surface area contributed by atoms with Gasteiger partial charge in [0, 0.05) is 13.1 Å². The summed E-state index contributed by atoms with van der Waals surface area (Å²) in [5, 5.41) is 9.22. The third-order valence-electron chi connectivity index (χ3n) is 4.17. The fraction of sp³-hybridized carbons (Fsp3) is 0.643. The first-order valence-corrected chi connectivity index (χ1v) is 6.97. The van der Waals surface area contributed by atoms with Crippen LogP contribution >= 0.6 is 0 Å². The molecule has 0 atom stereocenters. The maximum atomic E-state index is 11.6. The number of nitrogens with one attached hydrogen (secondary N) is 1. The van der Waals surface area contributed by atoms with Crippen molar-refractivity contribution < 1.29 is 9.90 Å².